The molecule has 1 amide bonds. The first-order chi connectivity index (χ1) is 12.8. The van der Waals surface area contributed by atoms with E-state index in [4.69, 9.17) is 9.47 Å². The summed E-state index contributed by atoms with van der Waals surface area (Å²) in [5.41, 5.74) is 1.23. The maximum atomic E-state index is 12.3. The highest BCUT2D eigenvalue weighted by molar-refractivity contribution is 7.92. The molecule has 0 saturated heterocycles. The zero-order chi connectivity index (χ0) is 19.9. The van der Waals surface area contributed by atoms with Gasteiger partial charge in [0.2, 0.25) is 15.9 Å². The summed E-state index contributed by atoms with van der Waals surface area (Å²) in [5.74, 6) is 0.817. The first-order valence-electron chi connectivity index (χ1n) is 8.43. The summed E-state index contributed by atoms with van der Waals surface area (Å²) in [5, 5.41) is 2.74. The topological polar surface area (TPSA) is 84.9 Å². The van der Waals surface area contributed by atoms with Crippen molar-refractivity contribution in [3.63, 3.8) is 0 Å². The molecule has 0 aliphatic heterocycles. The minimum atomic E-state index is -3.64. The highest BCUT2D eigenvalue weighted by Crippen LogP contribution is 2.22. The molecular weight excluding hydrogens is 368 g/mol. The van der Waals surface area contributed by atoms with Gasteiger partial charge < -0.3 is 14.8 Å². The molecule has 0 fully saturated rings. The molecule has 2 rings (SSSR count). The molecule has 2 aromatic carbocycles. The summed E-state index contributed by atoms with van der Waals surface area (Å²) in [6.07, 6.45) is 1.06. The molecule has 0 aliphatic rings. The number of carbonyl (C=O) groups excluding carboxylic acids is 1. The van der Waals surface area contributed by atoms with Gasteiger partial charge in [0.25, 0.3) is 0 Å². The molecule has 0 heterocycles. The normalized spacial score (nSPS) is 10.9. The van der Waals surface area contributed by atoms with Gasteiger partial charge in [0.05, 0.1) is 25.7 Å². The van der Waals surface area contributed by atoms with Crippen molar-refractivity contribution in [1.82, 2.24) is 5.32 Å². The SMILES string of the molecule is CCOc1cccc(CNC(=O)CN(c2cccc(OC)c2)S(C)(=O)=O)c1. The van der Waals surface area contributed by atoms with Crippen molar-refractivity contribution >= 4 is 21.6 Å². The van der Waals surface area contributed by atoms with Crippen LogP contribution < -0.4 is 19.1 Å². The predicted molar refractivity (Wildman–Crippen MR) is 105 cm³/mol. The van der Waals surface area contributed by atoms with E-state index in [2.05, 4.69) is 5.32 Å². The minimum absolute atomic E-state index is 0.273. The maximum Gasteiger partial charge on any atom is 0.241 e. The number of nitrogens with zero attached hydrogens (tertiary/aromatic N) is 1. The van der Waals surface area contributed by atoms with Crippen molar-refractivity contribution in [2.45, 2.75) is 13.5 Å². The number of hydrogen-bond donors (Lipinski definition) is 1. The van der Waals surface area contributed by atoms with Crippen molar-refractivity contribution in [1.29, 1.82) is 0 Å². The number of carbonyl (C=O) groups is 1. The van der Waals surface area contributed by atoms with E-state index in [0.717, 1.165) is 21.9 Å². The number of anilines is 1. The standard InChI is InChI=1S/C19H24N2O5S/c1-4-26-18-10-5-7-15(11-18)13-20-19(22)14-21(27(3,23)24)16-8-6-9-17(12-16)25-2/h5-12H,4,13-14H2,1-3H3,(H,20,22). The van der Waals surface area contributed by atoms with Gasteiger partial charge in [-0.2, -0.15) is 0 Å². The van der Waals surface area contributed by atoms with E-state index in [0.29, 0.717) is 18.0 Å². The van der Waals surface area contributed by atoms with Crippen LogP contribution >= 0.6 is 0 Å². The van der Waals surface area contributed by atoms with E-state index in [9.17, 15) is 13.2 Å². The fraction of sp³-hybridized carbons (Fsp3) is 0.316. The second-order valence-corrected chi connectivity index (χ2v) is 7.74. The Hall–Kier alpha value is -2.74. The molecule has 0 radical (unpaired) electrons. The fourth-order valence-electron chi connectivity index (χ4n) is 2.46. The fourth-order valence-corrected chi connectivity index (χ4v) is 3.31. The average molecular weight is 392 g/mol. The number of benzene rings is 2. The zero-order valence-corrected chi connectivity index (χ0v) is 16.5. The van der Waals surface area contributed by atoms with Crippen LogP contribution in [0.1, 0.15) is 12.5 Å². The molecule has 8 heteroatoms. The molecule has 1 N–H and O–H groups in total. The lowest BCUT2D eigenvalue weighted by Crippen LogP contribution is -2.40. The first-order valence-corrected chi connectivity index (χ1v) is 10.3. The van der Waals surface area contributed by atoms with E-state index >= 15 is 0 Å². The van der Waals surface area contributed by atoms with E-state index in [1.54, 1.807) is 24.3 Å². The average Bonchev–Trinajstić information content (AvgIpc) is 2.64. The summed E-state index contributed by atoms with van der Waals surface area (Å²) in [6, 6.07) is 13.9. The van der Waals surface area contributed by atoms with Gasteiger partial charge in [-0.25, -0.2) is 8.42 Å². The van der Waals surface area contributed by atoms with Crippen molar-refractivity contribution in [2.75, 3.05) is 30.8 Å². The Labute approximate surface area is 160 Å². The van der Waals surface area contributed by atoms with Gasteiger partial charge >= 0.3 is 0 Å². The lowest BCUT2D eigenvalue weighted by molar-refractivity contribution is -0.119. The molecule has 0 aromatic heterocycles. The van der Waals surface area contributed by atoms with Gasteiger partial charge in [-0.15, -0.1) is 0 Å². The Kier molecular flexibility index (Phi) is 7.06. The Morgan fingerprint density at radius 2 is 1.81 bits per heavy atom. The largest absolute Gasteiger partial charge is 0.497 e. The van der Waals surface area contributed by atoms with Crippen LogP contribution in [0.5, 0.6) is 11.5 Å². The van der Waals surface area contributed by atoms with Gasteiger partial charge in [0.15, 0.2) is 0 Å². The third-order valence-electron chi connectivity index (χ3n) is 3.73. The Balaban J connectivity index is 2.07. The quantitative estimate of drug-likeness (QED) is 0.707. The summed E-state index contributed by atoms with van der Waals surface area (Å²) in [7, 11) is -2.15. The molecule has 7 nitrogen and oxygen atoms in total. The molecule has 2 aromatic rings. The molecule has 0 atom stereocenters. The van der Waals surface area contributed by atoms with Gasteiger partial charge in [-0.05, 0) is 36.8 Å². The van der Waals surface area contributed by atoms with E-state index < -0.39 is 15.9 Å². The van der Waals surface area contributed by atoms with Gasteiger partial charge in [0, 0.05) is 12.6 Å². The molecule has 0 spiro atoms. The van der Waals surface area contributed by atoms with Gasteiger partial charge in [0.1, 0.15) is 18.0 Å². The van der Waals surface area contributed by atoms with Crippen LogP contribution in [-0.2, 0) is 21.4 Å². The van der Waals surface area contributed by atoms with Crippen LogP contribution in [0.2, 0.25) is 0 Å². The third kappa shape index (κ3) is 6.18. The molecule has 27 heavy (non-hydrogen) atoms. The van der Waals surface area contributed by atoms with Crippen LogP contribution in [0.25, 0.3) is 0 Å². The summed E-state index contributed by atoms with van der Waals surface area (Å²) in [4.78, 5) is 12.3. The maximum absolute atomic E-state index is 12.3. The van der Waals surface area contributed by atoms with E-state index in [1.807, 2.05) is 31.2 Å². The molecule has 0 bridgehead atoms. The third-order valence-corrected chi connectivity index (χ3v) is 4.87. The smallest absolute Gasteiger partial charge is 0.241 e. The number of methoxy groups -OCH3 is 1. The van der Waals surface area contributed by atoms with Gasteiger partial charge in [-0.1, -0.05) is 18.2 Å². The van der Waals surface area contributed by atoms with Crippen molar-refractivity contribution in [3.05, 3.63) is 54.1 Å². The summed E-state index contributed by atoms with van der Waals surface area (Å²) >= 11 is 0. The molecule has 0 saturated carbocycles. The number of amides is 1. The van der Waals surface area contributed by atoms with Crippen LogP contribution in [0.15, 0.2) is 48.5 Å². The minimum Gasteiger partial charge on any atom is -0.497 e. The monoisotopic (exact) mass is 392 g/mol. The predicted octanol–water partition coefficient (Wildman–Crippen LogP) is 2.18. The second kappa shape index (κ2) is 9.27. The molecule has 0 unspecified atom stereocenters. The van der Waals surface area contributed by atoms with Crippen LogP contribution in [0.3, 0.4) is 0 Å². The lowest BCUT2D eigenvalue weighted by atomic mass is 10.2. The Bertz CT molecular complexity index is 883. The lowest BCUT2D eigenvalue weighted by Gasteiger charge is -2.22. The summed E-state index contributed by atoms with van der Waals surface area (Å²) < 4.78 is 35.9. The number of sulfonamides is 1. The molecule has 146 valence electrons. The Morgan fingerprint density at radius 1 is 1.11 bits per heavy atom. The highest BCUT2D eigenvalue weighted by Gasteiger charge is 2.21. The summed E-state index contributed by atoms with van der Waals surface area (Å²) in [6.45, 7) is 2.40. The molecule has 0 aliphatic carbocycles. The number of ether oxygens (including phenoxy) is 2. The number of rotatable bonds is 9. The van der Waals surface area contributed by atoms with Crippen LogP contribution in [0, 0.1) is 0 Å². The van der Waals surface area contributed by atoms with Gasteiger partial charge in [-0.3, -0.25) is 9.10 Å². The second-order valence-electron chi connectivity index (χ2n) is 5.83. The van der Waals surface area contributed by atoms with Crippen molar-refractivity contribution in [2.24, 2.45) is 0 Å². The van der Waals surface area contributed by atoms with E-state index in [-0.39, 0.29) is 13.1 Å². The Morgan fingerprint density at radius 3 is 2.48 bits per heavy atom. The van der Waals surface area contributed by atoms with Crippen molar-refractivity contribution in [3.8, 4) is 11.5 Å². The zero-order valence-electron chi connectivity index (χ0n) is 15.6. The van der Waals surface area contributed by atoms with Crippen LogP contribution in [-0.4, -0.2) is 40.8 Å². The van der Waals surface area contributed by atoms with E-state index in [1.165, 1.54) is 7.11 Å². The number of hydrogen-bond acceptors (Lipinski definition) is 5. The molecular formula is C19H24N2O5S. The first kappa shape index (κ1) is 20.6. The van der Waals surface area contributed by atoms with Crippen molar-refractivity contribution < 1.29 is 22.7 Å². The van der Waals surface area contributed by atoms with Crippen LogP contribution in [0.4, 0.5) is 5.69 Å². The highest BCUT2D eigenvalue weighted by atomic mass is 32.2. The number of nitrogens with one attached hydrogen (secondary N) is 1.